The van der Waals surface area contributed by atoms with Crippen LogP contribution in [0, 0.1) is 13.8 Å². The van der Waals surface area contributed by atoms with Crippen molar-refractivity contribution in [3.63, 3.8) is 0 Å². The smallest absolute Gasteiger partial charge is 0.262 e. The molecule has 0 radical (unpaired) electrons. The van der Waals surface area contributed by atoms with E-state index in [0.717, 1.165) is 22.5 Å². The van der Waals surface area contributed by atoms with Crippen LogP contribution in [0.4, 0.5) is 11.4 Å². The first-order valence-electron chi connectivity index (χ1n) is 8.97. The van der Waals surface area contributed by atoms with Crippen LogP contribution in [0.5, 0.6) is 5.75 Å². The molecule has 0 bridgehead atoms. The molecule has 138 valence electrons. The van der Waals surface area contributed by atoms with Gasteiger partial charge in [0, 0.05) is 17.9 Å². The summed E-state index contributed by atoms with van der Waals surface area (Å²) in [6.07, 6.45) is 0. The minimum absolute atomic E-state index is 0.0250. The molecule has 3 rings (SSSR count). The zero-order chi connectivity index (χ0) is 19.1. The molecular weight excluding hydrogens is 336 g/mol. The van der Waals surface area contributed by atoms with E-state index in [4.69, 9.17) is 4.74 Å². The molecule has 0 aliphatic rings. The van der Waals surface area contributed by atoms with E-state index in [1.54, 1.807) is 0 Å². The fraction of sp³-hybridized carbons (Fsp3) is 0.174. The number of ether oxygens (including phenoxy) is 1. The number of nitrogens with one attached hydrogen (secondary N) is 2. The number of hydrogen-bond donors (Lipinski definition) is 2. The Morgan fingerprint density at radius 1 is 0.852 bits per heavy atom. The summed E-state index contributed by atoms with van der Waals surface area (Å²) < 4.78 is 5.64. The molecule has 4 heteroatoms. The Labute approximate surface area is 160 Å². The van der Waals surface area contributed by atoms with Crippen molar-refractivity contribution in [3.05, 3.63) is 89.5 Å². The number of carbonyl (C=O) groups is 1. The van der Waals surface area contributed by atoms with Gasteiger partial charge in [0.25, 0.3) is 5.91 Å². The van der Waals surface area contributed by atoms with Gasteiger partial charge in [0.1, 0.15) is 5.75 Å². The number of carbonyl (C=O) groups excluding carboxylic acids is 1. The number of benzene rings is 3. The van der Waals surface area contributed by atoms with Crippen molar-refractivity contribution in [3.8, 4) is 5.75 Å². The highest BCUT2D eigenvalue weighted by Gasteiger charge is 2.05. The minimum atomic E-state index is -0.177. The maximum atomic E-state index is 12.1. The monoisotopic (exact) mass is 360 g/mol. The van der Waals surface area contributed by atoms with Crippen LogP contribution in [-0.2, 0) is 11.3 Å². The lowest BCUT2D eigenvalue weighted by Crippen LogP contribution is -2.20. The Hall–Kier alpha value is -3.27. The van der Waals surface area contributed by atoms with E-state index < -0.39 is 0 Å². The highest BCUT2D eigenvalue weighted by Crippen LogP contribution is 2.16. The topological polar surface area (TPSA) is 50.4 Å². The van der Waals surface area contributed by atoms with Crippen molar-refractivity contribution >= 4 is 17.3 Å². The van der Waals surface area contributed by atoms with Gasteiger partial charge in [-0.3, -0.25) is 4.79 Å². The van der Waals surface area contributed by atoms with Gasteiger partial charge in [0.15, 0.2) is 6.61 Å². The molecule has 4 nitrogen and oxygen atoms in total. The molecular formula is C23H24N2O2. The normalized spacial score (nSPS) is 10.3. The standard InChI is InChI=1S/C23H24N2O2/c1-17-9-11-20(12-10-17)24-15-19-6-4-8-22(14-19)27-16-23(26)25-21-7-3-5-18(2)13-21/h3-14,24H,15-16H2,1-2H3,(H,25,26). The molecule has 0 unspecified atom stereocenters. The molecule has 0 heterocycles. The van der Waals surface area contributed by atoms with Gasteiger partial charge in [0.05, 0.1) is 0 Å². The minimum Gasteiger partial charge on any atom is -0.484 e. The second-order valence-corrected chi connectivity index (χ2v) is 6.57. The quantitative estimate of drug-likeness (QED) is 0.628. The van der Waals surface area contributed by atoms with Crippen LogP contribution < -0.4 is 15.4 Å². The van der Waals surface area contributed by atoms with Crippen LogP contribution in [-0.4, -0.2) is 12.5 Å². The molecule has 0 saturated heterocycles. The fourth-order valence-corrected chi connectivity index (χ4v) is 2.69. The predicted octanol–water partition coefficient (Wildman–Crippen LogP) is 4.93. The number of rotatable bonds is 7. The van der Waals surface area contributed by atoms with E-state index in [9.17, 15) is 4.79 Å². The van der Waals surface area contributed by atoms with Gasteiger partial charge in [-0.2, -0.15) is 0 Å². The second kappa shape index (κ2) is 8.90. The summed E-state index contributed by atoms with van der Waals surface area (Å²) in [4.78, 5) is 12.1. The summed E-state index contributed by atoms with van der Waals surface area (Å²) in [5, 5.41) is 6.23. The fourth-order valence-electron chi connectivity index (χ4n) is 2.69. The number of amides is 1. The van der Waals surface area contributed by atoms with E-state index >= 15 is 0 Å². The second-order valence-electron chi connectivity index (χ2n) is 6.57. The Kier molecular flexibility index (Phi) is 6.10. The van der Waals surface area contributed by atoms with Crippen molar-refractivity contribution < 1.29 is 9.53 Å². The molecule has 0 spiro atoms. The maximum absolute atomic E-state index is 12.1. The first-order chi connectivity index (χ1) is 13.1. The zero-order valence-corrected chi connectivity index (χ0v) is 15.7. The molecule has 0 fully saturated rings. The molecule has 3 aromatic rings. The Balaban J connectivity index is 1.51. The van der Waals surface area contributed by atoms with E-state index in [0.29, 0.717) is 12.3 Å². The van der Waals surface area contributed by atoms with Crippen LogP contribution in [0.15, 0.2) is 72.8 Å². The molecule has 1 amide bonds. The van der Waals surface area contributed by atoms with Gasteiger partial charge >= 0.3 is 0 Å². The highest BCUT2D eigenvalue weighted by atomic mass is 16.5. The number of anilines is 2. The summed E-state index contributed by atoms with van der Waals surface area (Å²) >= 11 is 0. The summed E-state index contributed by atoms with van der Waals surface area (Å²) in [6, 6.07) is 23.7. The van der Waals surface area contributed by atoms with E-state index in [1.165, 1.54) is 5.56 Å². The van der Waals surface area contributed by atoms with E-state index in [-0.39, 0.29) is 12.5 Å². The van der Waals surface area contributed by atoms with Gasteiger partial charge in [-0.05, 0) is 61.4 Å². The maximum Gasteiger partial charge on any atom is 0.262 e. The van der Waals surface area contributed by atoms with Crippen LogP contribution in [0.3, 0.4) is 0 Å². The van der Waals surface area contributed by atoms with Gasteiger partial charge in [0.2, 0.25) is 0 Å². The lowest BCUT2D eigenvalue weighted by molar-refractivity contribution is -0.118. The van der Waals surface area contributed by atoms with Gasteiger partial charge in [-0.1, -0.05) is 42.0 Å². The Morgan fingerprint density at radius 3 is 2.41 bits per heavy atom. The molecule has 3 aromatic carbocycles. The Bertz CT molecular complexity index is 904. The van der Waals surface area contributed by atoms with Crippen LogP contribution in [0.1, 0.15) is 16.7 Å². The predicted molar refractivity (Wildman–Crippen MR) is 110 cm³/mol. The van der Waals surface area contributed by atoms with Crippen LogP contribution >= 0.6 is 0 Å². The summed E-state index contributed by atoms with van der Waals surface area (Å²) in [5.74, 6) is 0.501. The summed E-state index contributed by atoms with van der Waals surface area (Å²) in [5.41, 5.74) is 5.28. The van der Waals surface area contributed by atoms with Crippen LogP contribution in [0.2, 0.25) is 0 Å². The summed E-state index contributed by atoms with van der Waals surface area (Å²) in [6.45, 7) is 4.72. The van der Waals surface area contributed by atoms with Crippen molar-refractivity contribution in [2.24, 2.45) is 0 Å². The average molecular weight is 360 g/mol. The van der Waals surface area contributed by atoms with Crippen LogP contribution in [0.25, 0.3) is 0 Å². The number of hydrogen-bond acceptors (Lipinski definition) is 3. The lowest BCUT2D eigenvalue weighted by atomic mass is 10.2. The molecule has 2 N–H and O–H groups in total. The van der Waals surface area contributed by atoms with Crippen molar-refractivity contribution in [2.75, 3.05) is 17.2 Å². The lowest BCUT2D eigenvalue weighted by Gasteiger charge is -2.10. The third kappa shape index (κ3) is 5.89. The molecule has 0 aromatic heterocycles. The van der Waals surface area contributed by atoms with Crippen molar-refractivity contribution in [1.29, 1.82) is 0 Å². The molecule has 0 aliphatic heterocycles. The van der Waals surface area contributed by atoms with E-state index in [1.807, 2.05) is 55.5 Å². The third-order valence-corrected chi connectivity index (χ3v) is 4.12. The van der Waals surface area contributed by atoms with Gasteiger partial charge < -0.3 is 15.4 Å². The van der Waals surface area contributed by atoms with Gasteiger partial charge in [-0.25, -0.2) is 0 Å². The first-order valence-corrected chi connectivity index (χ1v) is 8.97. The Morgan fingerprint density at radius 2 is 1.63 bits per heavy atom. The highest BCUT2D eigenvalue weighted by molar-refractivity contribution is 5.91. The van der Waals surface area contributed by atoms with Gasteiger partial charge in [-0.15, -0.1) is 0 Å². The molecule has 0 atom stereocenters. The zero-order valence-electron chi connectivity index (χ0n) is 15.7. The molecule has 0 aliphatic carbocycles. The van der Waals surface area contributed by atoms with Crippen molar-refractivity contribution in [1.82, 2.24) is 0 Å². The summed E-state index contributed by atoms with van der Waals surface area (Å²) in [7, 11) is 0. The first kappa shape index (κ1) is 18.5. The SMILES string of the molecule is Cc1ccc(NCc2cccc(OCC(=O)Nc3cccc(C)c3)c2)cc1. The largest absolute Gasteiger partial charge is 0.484 e. The van der Waals surface area contributed by atoms with Crippen molar-refractivity contribution in [2.45, 2.75) is 20.4 Å². The molecule has 0 saturated carbocycles. The average Bonchev–Trinajstić information content (AvgIpc) is 2.66. The number of aryl methyl sites for hydroxylation is 2. The third-order valence-electron chi connectivity index (χ3n) is 4.12. The molecule has 27 heavy (non-hydrogen) atoms. The van der Waals surface area contributed by atoms with E-state index in [2.05, 4.69) is 41.8 Å².